The molecule has 0 amide bonds. The number of carbonyl (C=O) groups is 2. The van der Waals surface area contributed by atoms with Crippen molar-refractivity contribution in [2.45, 2.75) is 6.42 Å². The fourth-order valence-electron chi connectivity index (χ4n) is 0.814. The van der Waals surface area contributed by atoms with Crippen LogP contribution < -0.4 is 0 Å². The monoisotopic (exact) mass is 250 g/mol. The Morgan fingerprint density at radius 2 is 1.47 bits per heavy atom. The Morgan fingerprint density at radius 1 is 0.941 bits per heavy atom. The molecule has 0 aromatic carbocycles. The number of esters is 1. The number of methoxy groups -OCH3 is 1. The van der Waals surface area contributed by atoms with Crippen LogP contribution in [-0.4, -0.2) is 63.8 Å². The van der Waals surface area contributed by atoms with E-state index in [-0.39, 0.29) is 19.6 Å². The smallest absolute Gasteiger partial charge is 0.331 e. The Balaban J connectivity index is 3.03. The lowest BCUT2D eigenvalue weighted by molar-refractivity contribution is -0.146. The summed E-state index contributed by atoms with van der Waals surface area (Å²) < 4.78 is 19.4. The second-order valence-electron chi connectivity index (χ2n) is 3.00. The first kappa shape index (κ1) is 15.8. The van der Waals surface area contributed by atoms with Gasteiger partial charge in [0.15, 0.2) is 0 Å². The summed E-state index contributed by atoms with van der Waals surface area (Å²) in [6.45, 7) is 1.43. The first-order valence-corrected chi connectivity index (χ1v) is 5.18. The molecule has 0 heterocycles. The first-order chi connectivity index (χ1) is 8.16. The Bertz CT molecular complexity index is 217. The van der Waals surface area contributed by atoms with E-state index in [0.29, 0.717) is 26.4 Å². The number of hydrogen-bond donors (Lipinski definition) is 1. The molecule has 0 spiro atoms. The quantitative estimate of drug-likeness (QED) is 0.397. The van der Waals surface area contributed by atoms with Crippen LogP contribution in [0.15, 0.2) is 0 Å². The minimum Gasteiger partial charge on any atom is -0.481 e. The maximum absolute atomic E-state index is 10.6. The van der Waals surface area contributed by atoms with Gasteiger partial charge in [-0.05, 0) is 0 Å². The van der Waals surface area contributed by atoms with Crippen molar-refractivity contribution in [3.05, 3.63) is 0 Å². The summed E-state index contributed by atoms with van der Waals surface area (Å²) in [5, 5.41) is 8.31. The minimum absolute atomic E-state index is 0.0117. The maximum atomic E-state index is 10.6. The molecule has 7 heteroatoms. The van der Waals surface area contributed by atoms with Gasteiger partial charge in [0.05, 0.1) is 46.6 Å². The van der Waals surface area contributed by atoms with E-state index in [2.05, 4.69) is 4.74 Å². The highest BCUT2D eigenvalue weighted by Gasteiger charge is 1.99. The van der Waals surface area contributed by atoms with E-state index in [1.54, 1.807) is 0 Å². The molecule has 0 bridgehead atoms. The molecule has 0 aliphatic heterocycles. The van der Waals surface area contributed by atoms with Crippen molar-refractivity contribution in [1.82, 2.24) is 0 Å². The molecule has 7 nitrogen and oxygen atoms in total. The lowest BCUT2D eigenvalue weighted by Gasteiger charge is -2.05. The van der Waals surface area contributed by atoms with Crippen molar-refractivity contribution < 1.29 is 33.6 Å². The highest BCUT2D eigenvalue weighted by molar-refractivity contribution is 5.70. The molecule has 0 saturated heterocycles. The standard InChI is InChI=1S/C10H18O7/c1-14-10(13)8-17-7-6-16-5-4-15-3-2-9(11)12/h2-8H2,1H3,(H,11,12). The summed E-state index contributed by atoms with van der Waals surface area (Å²) in [5.74, 6) is -1.32. The molecule has 1 N–H and O–H groups in total. The van der Waals surface area contributed by atoms with Gasteiger partial charge in [0.2, 0.25) is 0 Å². The number of carbonyl (C=O) groups excluding carboxylic acids is 1. The molecular weight excluding hydrogens is 232 g/mol. The predicted octanol–water partition coefficient (Wildman–Crippen LogP) is -0.316. The summed E-state index contributed by atoms with van der Waals surface area (Å²) >= 11 is 0. The highest BCUT2D eigenvalue weighted by Crippen LogP contribution is 1.85. The minimum atomic E-state index is -0.887. The van der Waals surface area contributed by atoms with Crippen molar-refractivity contribution in [3.8, 4) is 0 Å². The SMILES string of the molecule is COC(=O)COCCOCCOCCC(=O)O. The summed E-state index contributed by atoms with van der Waals surface area (Å²) in [7, 11) is 1.29. The highest BCUT2D eigenvalue weighted by atomic mass is 16.6. The Hall–Kier alpha value is -1.18. The second-order valence-corrected chi connectivity index (χ2v) is 3.00. The van der Waals surface area contributed by atoms with E-state index >= 15 is 0 Å². The van der Waals surface area contributed by atoms with Gasteiger partial charge in [-0.15, -0.1) is 0 Å². The first-order valence-electron chi connectivity index (χ1n) is 5.18. The molecule has 17 heavy (non-hydrogen) atoms. The van der Waals surface area contributed by atoms with Gasteiger partial charge < -0.3 is 24.1 Å². The summed E-state index contributed by atoms with van der Waals surface area (Å²) in [4.78, 5) is 20.7. The van der Waals surface area contributed by atoms with Crippen molar-refractivity contribution in [2.75, 3.05) is 46.8 Å². The average molecular weight is 250 g/mol. The van der Waals surface area contributed by atoms with Gasteiger partial charge in [0.1, 0.15) is 6.61 Å². The molecule has 0 rings (SSSR count). The fourth-order valence-corrected chi connectivity index (χ4v) is 0.814. The maximum Gasteiger partial charge on any atom is 0.331 e. The lowest BCUT2D eigenvalue weighted by Crippen LogP contribution is -2.15. The Morgan fingerprint density at radius 3 is 2.00 bits per heavy atom. The third-order valence-electron chi connectivity index (χ3n) is 1.65. The van der Waals surface area contributed by atoms with E-state index in [0.717, 1.165) is 0 Å². The number of carboxylic acids is 1. The van der Waals surface area contributed by atoms with E-state index < -0.39 is 11.9 Å². The molecule has 100 valence electrons. The Labute approximate surface area is 99.6 Å². The van der Waals surface area contributed by atoms with Gasteiger partial charge in [-0.1, -0.05) is 0 Å². The molecule has 0 aromatic heterocycles. The van der Waals surface area contributed by atoms with E-state index in [1.165, 1.54) is 7.11 Å². The Kier molecular flexibility index (Phi) is 10.5. The van der Waals surface area contributed by atoms with Crippen molar-refractivity contribution in [2.24, 2.45) is 0 Å². The van der Waals surface area contributed by atoms with E-state index in [1.807, 2.05) is 0 Å². The number of aliphatic carboxylic acids is 1. The largest absolute Gasteiger partial charge is 0.481 e. The van der Waals surface area contributed by atoms with Crippen LogP contribution in [0.1, 0.15) is 6.42 Å². The van der Waals surface area contributed by atoms with Gasteiger partial charge >= 0.3 is 11.9 Å². The van der Waals surface area contributed by atoms with Crippen LogP contribution in [0.4, 0.5) is 0 Å². The van der Waals surface area contributed by atoms with Crippen LogP contribution in [-0.2, 0) is 28.5 Å². The van der Waals surface area contributed by atoms with Crippen LogP contribution in [0.3, 0.4) is 0 Å². The van der Waals surface area contributed by atoms with Crippen molar-refractivity contribution >= 4 is 11.9 Å². The fraction of sp³-hybridized carbons (Fsp3) is 0.800. The normalized spacial score (nSPS) is 10.2. The number of hydrogen-bond acceptors (Lipinski definition) is 6. The zero-order chi connectivity index (χ0) is 12.9. The molecule has 0 aliphatic rings. The van der Waals surface area contributed by atoms with E-state index in [9.17, 15) is 9.59 Å². The summed E-state index contributed by atoms with van der Waals surface area (Å²) in [6.07, 6.45) is -0.0117. The molecule has 0 unspecified atom stereocenters. The van der Waals surface area contributed by atoms with Crippen LogP contribution >= 0.6 is 0 Å². The number of rotatable bonds is 11. The van der Waals surface area contributed by atoms with Crippen molar-refractivity contribution in [1.29, 1.82) is 0 Å². The van der Waals surface area contributed by atoms with Crippen LogP contribution in [0.2, 0.25) is 0 Å². The zero-order valence-corrected chi connectivity index (χ0v) is 9.85. The van der Waals surface area contributed by atoms with Crippen LogP contribution in [0.25, 0.3) is 0 Å². The van der Waals surface area contributed by atoms with E-state index in [4.69, 9.17) is 19.3 Å². The second kappa shape index (κ2) is 11.3. The molecule has 0 radical (unpaired) electrons. The summed E-state index contributed by atoms with van der Waals surface area (Å²) in [5.41, 5.74) is 0. The van der Waals surface area contributed by atoms with Gasteiger partial charge in [0.25, 0.3) is 0 Å². The number of carboxylic acid groups (broad SMARTS) is 1. The third-order valence-corrected chi connectivity index (χ3v) is 1.65. The zero-order valence-electron chi connectivity index (χ0n) is 9.85. The number of ether oxygens (including phenoxy) is 4. The summed E-state index contributed by atoms with van der Waals surface area (Å²) in [6, 6.07) is 0. The van der Waals surface area contributed by atoms with Crippen molar-refractivity contribution in [3.63, 3.8) is 0 Å². The molecule has 0 fully saturated rings. The van der Waals surface area contributed by atoms with Gasteiger partial charge in [-0.2, -0.15) is 0 Å². The molecule has 0 aliphatic carbocycles. The molecule has 0 aromatic rings. The topological polar surface area (TPSA) is 91.3 Å². The molecule has 0 atom stereocenters. The average Bonchev–Trinajstić information content (AvgIpc) is 2.30. The van der Waals surface area contributed by atoms with Gasteiger partial charge in [-0.3, -0.25) is 4.79 Å². The van der Waals surface area contributed by atoms with Crippen LogP contribution in [0, 0.1) is 0 Å². The lowest BCUT2D eigenvalue weighted by atomic mass is 10.5. The molecular formula is C10H18O7. The van der Waals surface area contributed by atoms with Crippen LogP contribution in [0.5, 0.6) is 0 Å². The predicted molar refractivity (Wildman–Crippen MR) is 56.7 cm³/mol. The molecule has 0 saturated carbocycles. The van der Waals surface area contributed by atoms with Gasteiger partial charge in [0, 0.05) is 0 Å². The van der Waals surface area contributed by atoms with Gasteiger partial charge in [-0.25, -0.2) is 4.79 Å². The third kappa shape index (κ3) is 12.8.